The number of nitrogens with one attached hydrogen (secondary N) is 2. The van der Waals surface area contributed by atoms with E-state index in [1.807, 2.05) is 24.3 Å². The summed E-state index contributed by atoms with van der Waals surface area (Å²) >= 11 is 0. The molecule has 0 aliphatic rings. The van der Waals surface area contributed by atoms with Gasteiger partial charge in [-0.2, -0.15) is 0 Å². The van der Waals surface area contributed by atoms with Crippen LogP contribution in [0.2, 0.25) is 0 Å². The zero-order valence-corrected chi connectivity index (χ0v) is 14.6. The maximum Gasteiger partial charge on any atom is 0.322 e. The summed E-state index contributed by atoms with van der Waals surface area (Å²) in [4.78, 5) is 23.0. The number of nitrogens with two attached hydrogens (primary N) is 1. The summed E-state index contributed by atoms with van der Waals surface area (Å²) in [5, 5.41) is 5.35. The topological polar surface area (TPSA) is 93.5 Å². The highest BCUT2D eigenvalue weighted by Crippen LogP contribution is 2.19. The highest BCUT2D eigenvalue weighted by atomic mass is 16.5. The monoisotopic (exact) mass is 341 g/mol. The molecule has 3 amide bonds. The molecule has 0 aliphatic heterocycles. The number of hydrogen-bond acceptors (Lipinski definition) is 3. The summed E-state index contributed by atoms with van der Waals surface area (Å²) in [7, 11) is 0. The number of benzene rings is 2. The van der Waals surface area contributed by atoms with Crippen molar-refractivity contribution in [2.24, 2.45) is 5.73 Å². The van der Waals surface area contributed by atoms with Crippen molar-refractivity contribution in [3.63, 3.8) is 0 Å². The number of primary amides is 1. The zero-order chi connectivity index (χ0) is 18.4. The maximum atomic E-state index is 12.0. The molecular weight excluding hydrogens is 318 g/mol. The van der Waals surface area contributed by atoms with E-state index >= 15 is 0 Å². The second-order valence-corrected chi connectivity index (χ2v) is 6.02. The average molecular weight is 341 g/mol. The molecule has 1 atom stereocenters. The quantitative estimate of drug-likeness (QED) is 0.702. The number of anilines is 1. The fourth-order valence-corrected chi connectivity index (χ4v) is 2.23. The van der Waals surface area contributed by atoms with Crippen LogP contribution in [0.4, 0.5) is 10.5 Å². The van der Waals surface area contributed by atoms with Crippen molar-refractivity contribution < 1.29 is 14.3 Å². The van der Waals surface area contributed by atoms with Crippen LogP contribution in [0.25, 0.3) is 0 Å². The SMILES string of the molecule is CC(NC(=O)Nc1ccc(C(N)=O)cc1)Oc1ccc(C(C)C)cc1. The lowest BCUT2D eigenvalue weighted by Crippen LogP contribution is -2.39. The second kappa shape index (κ2) is 8.19. The van der Waals surface area contributed by atoms with Crippen molar-refractivity contribution in [3.8, 4) is 5.75 Å². The van der Waals surface area contributed by atoms with Gasteiger partial charge in [0, 0.05) is 11.3 Å². The first-order valence-electron chi connectivity index (χ1n) is 8.09. The van der Waals surface area contributed by atoms with Crippen LogP contribution < -0.4 is 21.1 Å². The maximum absolute atomic E-state index is 12.0. The fourth-order valence-electron chi connectivity index (χ4n) is 2.23. The van der Waals surface area contributed by atoms with E-state index in [0.717, 1.165) is 0 Å². The van der Waals surface area contributed by atoms with Gasteiger partial charge in [-0.3, -0.25) is 4.79 Å². The van der Waals surface area contributed by atoms with E-state index in [9.17, 15) is 9.59 Å². The largest absolute Gasteiger partial charge is 0.471 e. The molecule has 0 radical (unpaired) electrons. The Labute approximate surface area is 147 Å². The van der Waals surface area contributed by atoms with Crippen LogP contribution in [0, 0.1) is 0 Å². The average Bonchev–Trinajstić information content (AvgIpc) is 2.55. The van der Waals surface area contributed by atoms with E-state index in [1.165, 1.54) is 5.56 Å². The molecule has 4 N–H and O–H groups in total. The molecule has 6 heteroatoms. The Balaban J connectivity index is 1.86. The predicted octanol–water partition coefficient (Wildman–Crippen LogP) is 3.46. The van der Waals surface area contributed by atoms with Gasteiger partial charge in [-0.1, -0.05) is 26.0 Å². The molecule has 0 fully saturated rings. The van der Waals surface area contributed by atoms with Crippen LogP contribution in [0.15, 0.2) is 48.5 Å². The highest BCUT2D eigenvalue weighted by molar-refractivity contribution is 5.94. The van der Waals surface area contributed by atoms with Gasteiger partial charge in [0.15, 0.2) is 6.23 Å². The minimum Gasteiger partial charge on any atom is -0.471 e. The second-order valence-electron chi connectivity index (χ2n) is 6.02. The van der Waals surface area contributed by atoms with Gasteiger partial charge in [0.2, 0.25) is 5.91 Å². The Morgan fingerprint density at radius 1 is 0.960 bits per heavy atom. The summed E-state index contributed by atoms with van der Waals surface area (Å²) < 4.78 is 5.67. The van der Waals surface area contributed by atoms with Crippen molar-refractivity contribution in [3.05, 3.63) is 59.7 Å². The number of urea groups is 1. The number of rotatable bonds is 6. The lowest BCUT2D eigenvalue weighted by molar-refractivity contribution is 0.1000. The Kier molecular flexibility index (Phi) is 6.00. The molecular formula is C19H23N3O3. The van der Waals surface area contributed by atoms with E-state index in [4.69, 9.17) is 10.5 Å². The molecule has 2 aromatic rings. The van der Waals surface area contributed by atoms with Gasteiger partial charge in [-0.15, -0.1) is 0 Å². The summed E-state index contributed by atoms with van der Waals surface area (Å²) in [6.07, 6.45) is -0.505. The molecule has 0 saturated heterocycles. The van der Waals surface area contributed by atoms with Gasteiger partial charge in [-0.25, -0.2) is 4.79 Å². The number of hydrogen-bond donors (Lipinski definition) is 3. The summed E-state index contributed by atoms with van der Waals surface area (Å²) in [5.41, 5.74) is 7.34. The standard InChI is InChI=1S/C19H23N3O3/c1-12(2)14-6-10-17(11-7-14)25-13(3)21-19(24)22-16-8-4-15(5-9-16)18(20)23/h4-13H,1-3H3,(H2,20,23)(H2,21,22,24). The molecule has 0 heterocycles. The molecule has 1 unspecified atom stereocenters. The van der Waals surface area contributed by atoms with Gasteiger partial charge in [0.05, 0.1) is 0 Å². The fraction of sp³-hybridized carbons (Fsp3) is 0.263. The van der Waals surface area contributed by atoms with Gasteiger partial charge in [0.25, 0.3) is 0 Å². The Hall–Kier alpha value is -3.02. The Morgan fingerprint density at radius 3 is 2.08 bits per heavy atom. The van der Waals surface area contributed by atoms with Crippen LogP contribution in [0.1, 0.15) is 42.6 Å². The van der Waals surface area contributed by atoms with Crippen molar-refractivity contribution in [1.29, 1.82) is 0 Å². The van der Waals surface area contributed by atoms with Gasteiger partial charge in [0.1, 0.15) is 5.75 Å². The number of carbonyl (C=O) groups is 2. The van der Waals surface area contributed by atoms with Crippen LogP contribution in [0.5, 0.6) is 5.75 Å². The van der Waals surface area contributed by atoms with Crippen molar-refractivity contribution in [2.45, 2.75) is 32.9 Å². The Morgan fingerprint density at radius 2 is 1.56 bits per heavy atom. The molecule has 0 bridgehead atoms. The summed E-state index contributed by atoms with van der Waals surface area (Å²) in [5.74, 6) is 0.626. The molecule has 0 spiro atoms. The third-order valence-corrected chi connectivity index (χ3v) is 3.62. The van der Waals surface area contributed by atoms with E-state index in [-0.39, 0.29) is 0 Å². The van der Waals surface area contributed by atoms with Crippen molar-refractivity contribution >= 4 is 17.6 Å². The van der Waals surface area contributed by atoms with E-state index < -0.39 is 18.2 Å². The highest BCUT2D eigenvalue weighted by Gasteiger charge is 2.09. The van der Waals surface area contributed by atoms with Crippen LogP contribution in [0.3, 0.4) is 0 Å². The zero-order valence-electron chi connectivity index (χ0n) is 14.6. The van der Waals surface area contributed by atoms with E-state index in [1.54, 1.807) is 31.2 Å². The van der Waals surface area contributed by atoms with Gasteiger partial charge < -0.3 is 21.1 Å². The molecule has 6 nitrogen and oxygen atoms in total. The van der Waals surface area contributed by atoms with Crippen LogP contribution in [-0.2, 0) is 0 Å². The van der Waals surface area contributed by atoms with Gasteiger partial charge in [-0.05, 0) is 54.8 Å². The third-order valence-electron chi connectivity index (χ3n) is 3.62. The first kappa shape index (κ1) is 18.3. The summed E-state index contributed by atoms with van der Waals surface area (Å²) in [6, 6.07) is 13.7. The van der Waals surface area contributed by atoms with Crippen molar-refractivity contribution in [1.82, 2.24) is 5.32 Å². The molecule has 25 heavy (non-hydrogen) atoms. The first-order chi connectivity index (χ1) is 11.8. The lowest BCUT2D eigenvalue weighted by Gasteiger charge is -2.17. The minimum absolute atomic E-state index is 0.382. The Bertz CT molecular complexity index is 725. The lowest BCUT2D eigenvalue weighted by atomic mass is 10.0. The van der Waals surface area contributed by atoms with E-state index in [2.05, 4.69) is 24.5 Å². The number of ether oxygens (including phenoxy) is 1. The summed E-state index contributed by atoms with van der Waals surface area (Å²) in [6.45, 7) is 5.99. The molecule has 0 aliphatic carbocycles. The minimum atomic E-state index is -0.512. The third kappa shape index (κ3) is 5.53. The van der Waals surface area contributed by atoms with Crippen LogP contribution in [-0.4, -0.2) is 18.2 Å². The normalized spacial score (nSPS) is 11.7. The van der Waals surface area contributed by atoms with Gasteiger partial charge >= 0.3 is 6.03 Å². The molecule has 132 valence electrons. The number of carbonyl (C=O) groups excluding carboxylic acids is 2. The molecule has 2 aromatic carbocycles. The van der Waals surface area contributed by atoms with E-state index in [0.29, 0.717) is 22.9 Å². The van der Waals surface area contributed by atoms with Crippen molar-refractivity contribution in [2.75, 3.05) is 5.32 Å². The first-order valence-corrected chi connectivity index (χ1v) is 8.09. The number of amides is 3. The smallest absolute Gasteiger partial charge is 0.322 e. The molecule has 0 aromatic heterocycles. The molecule has 0 saturated carbocycles. The van der Waals surface area contributed by atoms with Crippen LogP contribution >= 0.6 is 0 Å². The predicted molar refractivity (Wildman–Crippen MR) is 97.7 cm³/mol. The molecule has 2 rings (SSSR count).